The average Bonchev–Trinajstić information content (AvgIpc) is 2.80. The Hall–Kier alpha value is -3.05. The lowest BCUT2D eigenvalue weighted by molar-refractivity contribution is -0.386. The van der Waals surface area contributed by atoms with Crippen LogP contribution in [0.15, 0.2) is 47.4 Å². The Balaban J connectivity index is 1.58. The number of hydrogen-bond donors (Lipinski definition) is 2. The van der Waals surface area contributed by atoms with E-state index in [1.165, 1.54) is 24.3 Å². The summed E-state index contributed by atoms with van der Waals surface area (Å²) in [5, 5.41) is 14.2. The number of sulfonamides is 1. The third kappa shape index (κ3) is 6.29. The van der Waals surface area contributed by atoms with Gasteiger partial charge in [-0.2, -0.15) is 0 Å². The predicted molar refractivity (Wildman–Crippen MR) is 123 cm³/mol. The van der Waals surface area contributed by atoms with Gasteiger partial charge in [0, 0.05) is 18.0 Å². The van der Waals surface area contributed by atoms with E-state index in [-0.39, 0.29) is 47.0 Å². The summed E-state index contributed by atoms with van der Waals surface area (Å²) in [7, 11) is -3.99. The van der Waals surface area contributed by atoms with Crippen molar-refractivity contribution in [1.82, 2.24) is 10.0 Å². The predicted octanol–water partition coefficient (Wildman–Crippen LogP) is 3.85. The molecular formula is C23H28FN3O6S. The van der Waals surface area contributed by atoms with Crippen molar-refractivity contribution in [3.05, 3.63) is 64.0 Å². The first-order valence-corrected chi connectivity index (χ1v) is 12.6. The highest BCUT2D eigenvalue weighted by Gasteiger charge is 2.30. The number of nitro benzene ring substituents is 1. The number of benzene rings is 2. The van der Waals surface area contributed by atoms with Gasteiger partial charge in [-0.1, -0.05) is 12.1 Å². The Morgan fingerprint density at radius 3 is 2.41 bits per heavy atom. The molecule has 0 aliphatic heterocycles. The van der Waals surface area contributed by atoms with E-state index in [9.17, 15) is 27.7 Å². The molecule has 0 heterocycles. The maximum Gasteiger partial charge on any atom is 0.312 e. The van der Waals surface area contributed by atoms with Gasteiger partial charge in [-0.25, -0.2) is 17.5 Å². The second-order valence-electron chi connectivity index (χ2n) is 8.27. The first-order valence-electron chi connectivity index (χ1n) is 11.1. The topological polar surface area (TPSA) is 128 Å². The van der Waals surface area contributed by atoms with Gasteiger partial charge >= 0.3 is 5.69 Å². The van der Waals surface area contributed by atoms with Crippen molar-refractivity contribution in [2.24, 2.45) is 5.92 Å². The van der Waals surface area contributed by atoms with Crippen LogP contribution in [0, 0.1) is 21.8 Å². The Labute approximate surface area is 197 Å². The molecule has 184 valence electrons. The third-order valence-corrected chi connectivity index (χ3v) is 7.40. The number of nitrogens with one attached hydrogen (secondary N) is 2. The molecule has 34 heavy (non-hydrogen) atoms. The van der Waals surface area contributed by atoms with Gasteiger partial charge < -0.3 is 10.1 Å². The molecule has 3 rings (SSSR count). The second kappa shape index (κ2) is 10.9. The highest BCUT2D eigenvalue weighted by atomic mass is 32.2. The molecule has 0 spiro atoms. The van der Waals surface area contributed by atoms with E-state index in [0.717, 1.165) is 11.6 Å². The molecule has 1 saturated carbocycles. The lowest BCUT2D eigenvalue weighted by Gasteiger charge is -2.29. The van der Waals surface area contributed by atoms with Gasteiger partial charge in [-0.05, 0) is 69.4 Å². The zero-order valence-electron chi connectivity index (χ0n) is 19.0. The molecular weight excluding hydrogens is 465 g/mol. The smallest absolute Gasteiger partial charge is 0.312 e. The number of halogens is 1. The van der Waals surface area contributed by atoms with E-state index >= 15 is 0 Å². The number of hydrogen-bond acceptors (Lipinski definition) is 6. The van der Waals surface area contributed by atoms with Crippen LogP contribution in [0.4, 0.5) is 10.1 Å². The maximum atomic E-state index is 13.1. The van der Waals surface area contributed by atoms with Crippen molar-refractivity contribution in [3.8, 4) is 5.75 Å². The number of nitro groups is 1. The summed E-state index contributed by atoms with van der Waals surface area (Å²) in [6.45, 7) is 3.71. The van der Waals surface area contributed by atoms with Crippen molar-refractivity contribution < 1.29 is 27.3 Å². The molecule has 2 N–H and O–H groups in total. The molecule has 1 fully saturated rings. The summed E-state index contributed by atoms with van der Waals surface area (Å²) in [4.78, 5) is 23.1. The average molecular weight is 494 g/mol. The zero-order valence-corrected chi connectivity index (χ0v) is 19.8. The van der Waals surface area contributed by atoms with Crippen LogP contribution >= 0.6 is 0 Å². The molecule has 0 saturated heterocycles. The fourth-order valence-electron chi connectivity index (χ4n) is 4.01. The molecule has 0 unspecified atom stereocenters. The van der Waals surface area contributed by atoms with Crippen molar-refractivity contribution in [2.45, 2.75) is 56.5 Å². The van der Waals surface area contributed by atoms with E-state index in [4.69, 9.17) is 4.74 Å². The molecule has 0 bridgehead atoms. The number of amides is 1. The van der Waals surface area contributed by atoms with Gasteiger partial charge in [0.05, 0.1) is 22.5 Å². The Morgan fingerprint density at radius 2 is 1.82 bits per heavy atom. The summed E-state index contributed by atoms with van der Waals surface area (Å²) in [6, 6.07) is 8.81. The normalized spacial score (nSPS) is 19.3. The second-order valence-corrected chi connectivity index (χ2v) is 9.99. The van der Waals surface area contributed by atoms with Crippen LogP contribution in [0.5, 0.6) is 5.75 Å². The largest absolute Gasteiger partial charge is 0.487 e. The summed E-state index contributed by atoms with van der Waals surface area (Å²) >= 11 is 0. The van der Waals surface area contributed by atoms with Crippen LogP contribution in [0.25, 0.3) is 0 Å². The van der Waals surface area contributed by atoms with Gasteiger partial charge in [0.15, 0.2) is 5.75 Å². The molecule has 11 heteroatoms. The molecule has 0 aromatic heterocycles. The fourth-order valence-corrected chi connectivity index (χ4v) is 5.34. The summed E-state index contributed by atoms with van der Waals surface area (Å²) < 4.78 is 46.5. The standard InChI is InChI=1S/C23H28FN3O6S/c1-3-33-22-13-12-20(14-21(22)27(29)30)34(31,32)26-19-10-6-17(7-11-19)23(28)25-15(2)16-4-8-18(24)9-5-16/h4-5,8-9,12-15,17,19,26H,3,6-7,10-11H2,1-2H3,(H,25,28)/t15-,17-,19-/m1/s1. The minimum Gasteiger partial charge on any atom is -0.487 e. The van der Waals surface area contributed by atoms with E-state index in [1.54, 1.807) is 19.1 Å². The quantitative estimate of drug-likeness (QED) is 0.403. The molecule has 2 aromatic carbocycles. The summed E-state index contributed by atoms with van der Waals surface area (Å²) in [5.41, 5.74) is 0.376. The molecule has 0 radical (unpaired) electrons. The van der Waals surface area contributed by atoms with Crippen LogP contribution in [-0.2, 0) is 14.8 Å². The van der Waals surface area contributed by atoms with Gasteiger partial charge in [0.25, 0.3) is 0 Å². The van der Waals surface area contributed by atoms with Crippen LogP contribution < -0.4 is 14.8 Å². The molecule has 2 aromatic rings. The van der Waals surface area contributed by atoms with E-state index < -0.39 is 20.6 Å². The van der Waals surface area contributed by atoms with Gasteiger partial charge in [0.1, 0.15) is 5.82 Å². The molecule has 1 atom stereocenters. The monoisotopic (exact) mass is 493 g/mol. The lowest BCUT2D eigenvalue weighted by atomic mass is 9.85. The van der Waals surface area contributed by atoms with E-state index in [2.05, 4.69) is 10.0 Å². The highest BCUT2D eigenvalue weighted by molar-refractivity contribution is 7.89. The van der Waals surface area contributed by atoms with Crippen LogP contribution in [0.1, 0.15) is 51.1 Å². The highest BCUT2D eigenvalue weighted by Crippen LogP contribution is 2.31. The van der Waals surface area contributed by atoms with Crippen molar-refractivity contribution in [1.29, 1.82) is 0 Å². The Kier molecular flexibility index (Phi) is 8.21. The third-order valence-electron chi connectivity index (χ3n) is 5.89. The molecule has 9 nitrogen and oxygen atoms in total. The summed E-state index contributed by atoms with van der Waals surface area (Å²) in [6.07, 6.45) is 1.92. The lowest BCUT2D eigenvalue weighted by Crippen LogP contribution is -2.41. The number of rotatable bonds is 9. The van der Waals surface area contributed by atoms with Crippen LogP contribution in [0.3, 0.4) is 0 Å². The Morgan fingerprint density at radius 1 is 1.18 bits per heavy atom. The van der Waals surface area contributed by atoms with Gasteiger partial charge in [0.2, 0.25) is 15.9 Å². The Bertz CT molecular complexity index is 1130. The molecule has 1 aliphatic carbocycles. The van der Waals surface area contributed by atoms with Gasteiger partial charge in [-0.3, -0.25) is 14.9 Å². The molecule has 1 amide bonds. The van der Waals surface area contributed by atoms with Crippen LogP contribution in [-0.4, -0.2) is 31.9 Å². The minimum atomic E-state index is -3.99. The fraction of sp³-hybridized carbons (Fsp3) is 0.435. The maximum absolute atomic E-state index is 13.1. The van der Waals surface area contributed by atoms with E-state index in [1.807, 2.05) is 6.92 Å². The van der Waals surface area contributed by atoms with Crippen LogP contribution in [0.2, 0.25) is 0 Å². The number of nitrogens with zero attached hydrogens (tertiary/aromatic N) is 1. The van der Waals surface area contributed by atoms with Gasteiger partial charge in [-0.15, -0.1) is 0 Å². The summed E-state index contributed by atoms with van der Waals surface area (Å²) in [5.74, 6) is -0.716. The first-order chi connectivity index (χ1) is 16.1. The number of carbonyl (C=O) groups excluding carboxylic acids is 1. The first kappa shape index (κ1) is 25.6. The number of ether oxygens (including phenoxy) is 1. The minimum absolute atomic E-state index is 0.00726. The van der Waals surface area contributed by atoms with E-state index in [0.29, 0.717) is 25.7 Å². The SMILES string of the molecule is CCOc1ccc(S(=O)(=O)N[C@H]2CC[C@H](C(=O)N[C@H](C)c3ccc(F)cc3)CC2)cc1[N+](=O)[O-]. The molecule has 1 aliphatic rings. The van der Waals surface area contributed by atoms with Crippen molar-refractivity contribution in [3.63, 3.8) is 0 Å². The zero-order chi connectivity index (χ0) is 24.9. The van der Waals surface area contributed by atoms with Crippen molar-refractivity contribution in [2.75, 3.05) is 6.61 Å². The van der Waals surface area contributed by atoms with Crippen molar-refractivity contribution >= 4 is 21.6 Å². The number of carbonyl (C=O) groups is 1.